The average molecular weight is 359 g/mol. The molecule has 1 fully saturated rings. The van der Waals surface area contributed by atoms with Crippen molar-refractivity contribution in [1.29, 1.82) is 0 Å². The Morgan fingerprint density at radius 3 is 2.77 bits per heavy atom. The van der Waals surface area contributed by atoms with Gasteiger partial charge in [-0.2, -0.15) is 4.98 Å². The van der Waals surface area contributed by atoms with Crippen LogP contribution < -0.4 is 11.0 Å². The third-order valence-electron chi connectivity index (χ3n) is 3.54. The lowest BCUT2D eigenvalue weighted by molar-refractivity contribution is -0.114. The van der Waals surface area contributed by atoms with E-state index in [4.69, 9.17) is 14.2 Å². The van der Waals surface area contributed by atoms with Crippen molar-refractivity contribution in [2.45, 2.75) is 19.4 Å². The lowest BCUT2D eigenvalue weighted by atomic mass is 10.2. The molecule has 0 saturated carbocycles. The van der Waals surface area contributed by atoms with E-state index in [1.165, 1.54) is 23.8 Å². The first-order chi connectivity index (χ1) is 12.5. The van der Waals surface area contributed by atoms with Gasteiger partial charge in [0.25, 0.3) is 0 Å². The molecule has 1 N–H and O–H groups in total. The summed E-state index contributed by atoms with van der Waals surface area (Å²) in [5.74, 6) is -0.652. The van der Waals surface area contributed by atoms with Gasteiger partial charge in [-0.25, -0.2) is 9.59 Å². The highest BCUT2D eigenvalue weighted by atomic mass is 16.7. The maximum atomic E-state index is 12.0. The highest BCUT2D eigenvalue weighted by Gasteiger charge is 2.29. The second-order valence-corrected chi connectivity index (χ2v) is 5.50. The number of hydrogen-bond donors (Lipinski definition) is 1. The average Bonchev–Trinajstić information content (AvgIpc) is 3.08. The van der Waals surface area contributed by atoms with Crippen molar-refractivity contribution in [3.8, 4) is 0 Å². The summed E-state index contributed by atoms with van der Waals surface area (Å²) in [5, 5.41) is 2.43. The normalized spacial score (nSPS) is 19.1. The minimum absolute atomic E-state index is 0.101. The molecule has 0 spiro atoms. The van der Waals surface area contributed by atoms with Crippen molar-refractivity contribution in [3.05, 3.63) is 58.6 Å². The molecule has 0 radical (unpaired) electrons. The summed E-state index contributed by atoms with van der Waals surface area (Å²) in [7, 11) is 0. The lowest BCUT2D eigenvalue weighted by Crippen LogP contribution is -2.29. The Balaban J connectivity index is 1.56. The van der Waals surface area contributed by atoms with Crippen molar-refractivity contribution >= 4 is 17.7 Å². The molecule has 136 valence electrons. The fourth-order valence-corrected chi connectivity index (χ4v) is 2.36. The number of hydrogen-bond acceptors (Lipinski definition) is 7. The second kappa shape index (κ2) is 7.89. The predicted octanol–water partition coefficient (Wildman–Crippen LogP) is 0.930. The fraction of sp³-hybridized carbons (Fsp3) is 0.294. The Bertz CT molecular complexity index is 851. The summed E-state index contributed by atoms with van der Waals surface area (Å²) in [6, 6.07) is 10.0. The van der Waals surface area contributed by atoms with Crippen molar-refractivity contribution in [3.63, 3.8) is 0 Å². The van der Waals surface area contributed by atoms with Gasteiger partial charge < -0.3 is 19.5 Å². The van der Waals surface area contributed by atoms with E-state index in [9.17, 15) is 14.4 Å². The molecule has 1 aliphatic heterocycles. The van der Waals surface area contributed by atoms with Crippen LogP contribution in [0.15, 0.2) is 47.4 Å². The molecule has 2 heterocycles. The molecule has 9 heteroatoms. The fourth-order valence-electron chi connectivity index (χ4n) is 2.36. The van der Waals surface area contributed by atoms with E-state index >= 15 is 0 Å². The molecular weight excluding hydrogens is 342 g/mol. The van der Waals surface area contributed by atoms with Crippen LogP contribution in [0.1, 0.15) is 23.5 Å². The van der Waals surface area contributed by atoms with E-state index in [1.54, 1.807) is 30.3 Å². The third kappa shape index (κ3) is 4.32. The van der Waals surface area contributed by atoms with Crippen molar-refractivity contribution in [2.75, 3.05) is 18.5 Å². The second-order valence-electron chi connectivity index (χ2n) is 5.50. The van der Waals surface area contributed by atoms with Gasteiger partial charge in [-0.05, 0) is 18.2 Å². The number of nitrogens with zero attached hydrogens (tertiary/aromatic N) is 2. The molecule has 0 aliphatic carbocycles. The van der Waals surface area contributed by atoms with Gasteiger partial charge in [0.1, 0.15) is 12.4 Å². The maximum Gasteiger partial charge on any atom is 0.351 e. The van der Waals surface area contributed by atoms with E-state index in [0.717, 1.165) is 0 Å². The van der Waals surface area contributed by atoms with Gasteiger partial charge >= 0.3 is 11.7 Å². The zero-order valence-electron chi connectivity index (χ0n) is 14.0. The van der Waals surface area contributed by atoms with Crippen LogP contribution in [-0.4, -0.2) is 40.9 Å². The molecule has 0 bridgehead atoms. The lowest BCUT2D eigenvalue weighted by Gasteiger charge is -2.14. The van der Waals surface area contributed by atoms with Gasteiger partial charge in [-0.15, -0.1) is 0 Å². The summed E-state index contributed by atoms with van der Waals surface area (Å²) in [6.07, 6.45) is -0.0242. The zero-order valence-corrected chi connectivity index (χ0v) is 14.0. The Labute approximate surface area is 148 Å². The molecule has 1 aliphatic rings. The third-order valence-corrected chi connectivity index (χ3v) is 3.54. The minimum Gasteiger partial charge on any atom is -0.457 e. The molecule has 0 unspecified atom stereocenters. The molecule has 3 rings (SSSR count). The van der Waals surface area contributed by atoms with Crippen molar-refractivity contribution in [1.82, 2.24) is 9.55 Å². The molecule has 2 atom stereocenters. The molecule has 1 amide bonds. The topological polar surface area (TPSA) is 109 Å². The van der Waals surface area contributed by atoms with Crippen LogP contribution in [-0.2, 0) is 19.0 Å². The Morgan fingerprint density at radius 2 is 2.08 bits per heavy atom. The zero-order chi connectivity index (χ0) is 18.5. The van der Waals surface area contributed by atoms with Gasteiger partial charge in [0.05, 0.1) is 12.2 Å². The van der Waals surface area contributed by atoms with Crippen LogP contribution >= 0.6 is 0 Å². The Morgan fingerprint density at radius 1 is 1.31 bits per heavy atom. The monoisotopic (exact) mass is 359 g/mol. The first-order valence-corrected chi connectivity index (χ1v) is 7.89. The van der Waals surface area contributed by atoms with Gasteiger partial charge in [-0.3, -0.25) is 9.36 Å². The van der Waals surface area contributed by atoms with E-state index in [1.807, 2.05) is 0 Å². The van der Waals surface area contributed by atoms with Crippen LogP contribution in [0.3, 0.4) is 0 Å². The van der Waals surface area contributed by atoms with Crippen molar-refractivity contribution < 1.29 is 23.8 Å². The predicted molar refractivity (Wildman–Crippen MR) is 89.4 cm³/mol. The van der Waals surface area contributed by atoms with Crippen LogP contribution in [0, 0.1) is 0 Å². The summed E-state index contributed by atoms with van der Waals surface area (Å²) in [5.41, 5.74) is -0.164. The van der Waals surface area contributed by atoms with Crippen LogP contribution in [0.25, 0.3) is 0 Å². The molecule has 2 aromatic rings. The largest absolute Gasteiger partial charge is 0.457 e. The highest BCUT2D eigenvalue weighted by molar-refractivity contribution is 5.89. The molecule has 1 aromatic heterocycles. The standard InChI is InChI=1S/C17H17N3O6/c1-11(21)18-13-7-8-20(17(23)19-13)14-9-24-15(26-14)10-25-16(22)12-5-3-2-4-6-12/h2-8,14-15H,9-10H2,1H3,(H,18,19,21,23)/t14-,15+/m1/s1. The van der Waals surface area contributed by atoms with E-state index in [0.29, 0.717) is 5.56 Å². The van der Waals surface area contributed by atoms with Gasteiger partial charge in [0.15, 0.2) is 12.5 Å². The number of benzene rings is 1. The van der Waals surface area contributed by atoms with Crippen LogP contribution in [0.2, 0.25) is 0 Å². The first-order valence-electron chi connectivity index (χ1n) is 7.89. The van der Waals surface area contributed by atoms with E-state index in [-0.39, 0.29) is 24.9 Å². The van der Waals surface area contributed by atoms with Gasteiger partial charge in [0, 0.05) is 13.1 Å². The molecular formula is C17H17N3O6. The number of carbonyl (C=O) groups is 2. The molecule has 26 heavy (non-hydrogen) atoms. The Hall–Kier alpha value is -3.04. The number of aromatic nitrogens is 2. The first kappa shape index (κ1) is 17.8. The maximum absolute atomic E-state index is 12.0. The smallest absolute Gasteiger partial charge is 0.351 e. The van der Waals surface area contributed by atoms with E-state index < -0.39 is 24.2 Å². The summed E-state index contributed by atoms with van der Waals surface area (Å²) in [6.45, 7) is 1.33. The number of ether oxygens (including phenoxy) is 3. The number of rotatable bonds is 5. The quantitative estimate of drug-likeness (QED) is 0.791. The number of anilines is 1. The van der Waals surface area contributed by atoms with E-state index in [2.05, 4.69) is 10.3 Å². The number of nitrogens with one attached hydrogen (secondary N) is 1. The summed E-state index contributed by atoms with van der Waals surface area (Å²) >= 11 is 0. The van der Waals surface area contributed by atoms with Crippen LogP contribution in [0.4, 0.5) is 5.82 Å². The minimum atomic E-state index is -0.783. The number of carbonyl (C=O) groups excluding carboxylic acids is 2. The van der Waals surface area contributed by atoms with Crippen LogP contribution in [0.5, 0.6) is 0 Å². The molecule has 9 nitrogen and oxygen atoms in total. The number of esters is 1. The summed E-state index contributed by atoms with van der Waals surface area (Å²) < 4.78 is 17.4. The molecule has 1 saturated heterocycles. The van der Waals surface area contributed by atoms with Gasteiger partial charge in [0.2, 0.25) is 5.91 Å². The van der Waals surface area contributed by atoms with Crippen molar-refractivity contribution in [2.24, 2.45) is 0 Å². The molecule has 1 aromatic carbocycles. The SMILES string of the molecule is CC(=O)Nc1ccn([C@H]2CO[C@H](COC(=O)c3ccccc3)O2)c(=O)n1. The number of amides is 1. The van der Waals surface area contributed by atoms with Gasteiger partial charge in [-0.1, -0.05) is 18.2 Å². The Kier molecular flexibility index (Phi) is 5.40. The summed E-state index contributed by atoms with van der Waals surface area (Å²) in [4.78, 5) is 38.7. The highest BCUT2D eigenvalue weighted by Crippen LogP contribution is 2.20.